The summed E-state index contributed by atoms with van der Waals surface area (Å²) in [6, 6.07) is 11.2. The van der Waals surface area contributed by atoms with Crippen molar-refractivity contribution in [2.45, 2.75) is 32.7 Å². The molecular weight excluding hydrogens is 296 g/mol. The van der Waals surface area contributed by atoms with Crippen LogP contribution in [0.5, 0.6) is 0 Å². The minimum Gasteiger partial charge on any atom is -0.445 e. The molecular formula is C17H22N2O4. The number of carbonyl (C=O) groups is 1. The van der Waals surface area contributed by atoms with Crippen molar-refractivity contribution in [3.63, 3.8) is 0 Å². The van der Waals surface area contributed by atoms with Crippen molar-refractivity contribution in [1.29, 1.82) is 0 Å². The zero-order chi connectivity index (χ0) is 16.8. The predicted octanol–water partition coefficient (Wildman–Crippen LogP) is 1.95. The molecule has 2 unspecified atom stereocenters. The molecule has 23 heavy (non-hydrogen) atoms. The predicted molar refractivity (Wildman–Crippen MR) is 85.9 cm³/mol. The number of hydrogen-bond acceptors (Lipinski definition) is 4. The average Bonchev–Trinajstić information content (AvgIpc) is 2.89. The van der Waals surface area contributed by atoms with E-state index in [9.17, 15) is 15.0 Å². The second-order valence-corrected chi connectivity index (χ2v) is 5.50. The molecule has 6 heteroatoms. The standard InChI is InChI=1S/C17H22N2O4/c1-11-8-12(2)19-15(11)16(21)14(20)9-18-17(22)23-10-13-6-4-3-5-7-13/h3-8,14,16,19-21H,9-10H2,1-2H3,(H,18,22). The molecule has 1 heterocycles. The molecule has 0 bridgehead atoms. The number of alkyl carbamates (subject to hydrolysis) is 1. The number of aryl methyl sites for hydroxylation is 2. The number of benzene rings is 1. The van der Waals surface area contributed by atoms with E-state index in [1.807, 2.05) is 50.2 Å². The van der Waals surface area contributed by atoms with Crippen LogP contribution in [0.3, 0.4) is 0 Å². The zero-order valence-electron chi connectivity index (χ0n) is 13.2. The first kappa shape index (κ1) is 17.1. The molecule has 0 saturated heterocycles. The van der Waals surface area contributed by atoms with E-state index in [4.69, 9.17) is 4.74 Å². The Morgan fingerprint density at radius 3 is 2.57 bits per heavy atom. The van der Waals surface area contributed by atoms with Gasteiger partial charge in [0.2, 0.25) is 0 Å². The second kappa shape index (κ2) is 7.80. The molecule has 1 aromatic carbocycles. The maximum Gasteiger partial charge on any atom is 0.407 e. The van der Waals surface area contributed by atoms with Crippen LogP contribution in [0, 0.1) is 13.8 Å². The van der Waals surface area contributed by atoms with Crippen LogP contribution in [-0.4, -0.2) is 33.9 Å². The van der Waals surface area contributed by atoms with Crippen molar-refractivity contribution in [2.24, 2.45) is 0 Å². The van der Waals surface area contributed by atoms with Crippen LogP contribution >= 0.6 is 0 Å². The fourth-order valence-corrected chi connectivity index (χ4v) is 2.32. The van der Waals surface area contributed by atoms with Crippen LogP contribution in [-0.2, 0) is 11.3 Å². The topological polar surface area (TPSA) is 94.6 Å². The number of rotatable bonds is 6. The van der Waals surface area contributed by atoms with Gasteiger partial charge in [0.25, 0.3) is 0 Å². The number of aromatic amines is 1. The Morgan fingerprint density at radius 1 is 1.26 bits per heavy atom. The van der Waals surface area contributed by atoms with E-state index < -0.39 is 18.3 Å². The number of nitrogens with one attached hydrogen (secondary N) is 2. The van der Waals surface area contributed by atoms with Crippen molar-refractivity contribution in [3.05, 3.63) is 58.9 Å². The second-order valence-electron chi connectivity index (χ2n) is 5.50. The average molecular weight is 318 g/mol. The quantitative estimate of drug-likeness (QED) is 0.655. The summed E-state index contributed by atoms with van der Waals surface area (Å²) in [6.07, 6.45) is -2.87. The summed E-state index contributed by atoms with van der Waals surface area (Å²) in [5.74, 6) is 0. The largest absolute Gasteiger partial charge is 0.445 e. The van der Waals surface area contributed by atoms with Gasteiger partial charge in [-0.3, -0.25) is 0 Å². The SMILES string of the molecule is Cc1cc(C)c(C(O)C(O)CNC(=O)OCc2ccccc2)[nH]1. The van der Waals surface area contributed by atoms with Crippen LogP contribution in [0.4, 0.5) is 4.79 Å². The fourth-order valence-electron chi connectivity index (χ4n) is 2.32. The molecule has 2 rings (SSSR count). The normalized spacial score (nSPS) is 13.4. The molecule has 0 aliphatic carbocycles. The number of amides is 1. The van der Waals surface area contributed by atoms with Gasteiger partial charge in [0.05, 0.1) is 0 Å². The molecule has 4 N–H and O–H groups in total. The van der Waals surface area contributed by atoms with Gasteiger partial charge in [-0.2, -0.15) is 0 Å². The lowest BCUT2D eigenvalue weighted by Crippen LogP contribution is -2.36. The van der Waals surface area contributed by atoms with Crippen LogP contribution in [0.15, 0.2) is 36.4 Å². The van der Waals surface area contributed by atoms with E-state index in [-0.39, 0.29) is 13.2 Å². The summed E-state index contributed by atoms with van der Waals surface area (Å²) in [7, 11) is 0. The van der Waals surface area contributed by atoms with Gasteiger partial charge in [0.1, 0.15) is 18.8 Å². The first-order valence-electron chi connectivity index (χ1n) is 7.44. The van der Waals surface area contributed by atoms with Gasteiger partial charge in [0.15, 0.2) is 0 Å². The summed E-state index contributed by atoms with van der Waals surface area (Å²) >= 11 is 0. The minimum absolute atomic E-state index is 0.105. The van der Waals surface area contributed by atoms with Crippen molar-refractivity contribution < 1.29 is 19.7 Å². The lowest BCUT2D eigenvalue weighted by atomic mass is 10.1. The van der Waals surface area contributed by atoms with E-state index in [2.05, 4.69) is 10.3 Å². The summed E-state index contributed by atoms with van der Waals surface area (Å²) in [5, 5.41) is 22.6. The zero-order valence-corrected chi connectivity index (χ0v) is 13.2. The first-order chi connectivity index (χ1) is 11.0. The van der Waals surface area contributed by atoms with E-state index in [0.29, 0.717) is 5.69 Å². The number of ether oxygens (including phenoxy) is 1. The fraction of sp³-hybridized carbons (Fsp3) is 0.353. The number of aliphatic hydroxyl groups excluding tert-OH is 2. The summed E-state index contributed by atoms with van der Waals surface area (Å²) in [5.41, 5.74) is 3.19. The molecule has 0 aliphatic heterocycles. The van der Waals surface area contributed by atoms with Crippen molar-refractivity contribution in [3.8, 4) is 0 Å². The van der Waals surface area contributed by atoms with Crippen LogP contribution in [0.2, 0.25) is 0 Å². The molecule has 1 aromatic heterocycles. The van der Waals surface area contributed by atoms with Crippen molar-refractivity contribution in [1.82, 2.24) is 10.3 Å². The Morgan fingerprint density at radius 2 is 1.96 bits per heavy atom. The Bertz CT molecular complexity index is 639. The molecule has 0 fully saturated rings. The first-order valence-corrected chi connectivity index (χ1v) is 7.44. The van der Waals surface area contributed by atoms with E-state index in [0.717, 1.165) is 16.8 Å². The summed E-state index contributed by atoms with van der Waals surface area (Å²) in [4.78, 5) is 14.6. The Labute approximate surface area is 135 Å². The number of aliphatic hydroxyl groups is 2. The van der Waals surface area contributed by atoms with Gasteiger partial charge in [0, 0.05) is 17.9 Å². The highest BCUT2D eigenvalue weighted by Gasteiger charge is 2.22. The molecule has 0 spiro atoms. The van der Waals surface area contributed by atoms with Gasteiger partial charge in [-0.1, -0.05) is 30.3 Å². The number of carbonyl (C=O) groups excluding carboxylic acids is 1. The molecule has 2 aromatic rings. The van der Waals surface area contributed by atoms with Gasteiger partial charge in [-0.05, 0) is 31.0 Å². The molecule has 1 amide bonds. The molecule has 2 atom stereocenters. The van der Waals surface area contributed by atoms with E-state index in [1.165, 1.54) is 0 Å². The lowest BCUT2D eigenvalue weighted by Gasteiger charge is -2.18. The Kier molecular flexibility index (Phi) is 5.78. The maximum absolute atomic E-state index is 11.6. The van der Waals surface area contributed by atoms with Crippen LogP contribution in [0.25, 0.3) is 0 Å². The molecule has 0 radical (unpaired) electrons. The number of hydrogen-bond donors (Lipinski definition) is 4. The van der Waals surface area contributed by atoms with Gasteiger partial charge in [-0.15, -0.1) is 0 Å². The van der Waals surface area contributed by atoms with Gasteiger partial charge < -0.3 is 25.3 Å². The highest BCUT2D eigenvalue weighted by atomic mass is 16.5. The van der Waals surface area contributed by atoms with E-state index in [1.54, 1.807) is 0 Å². The highest BCUT2D eigenvalue weighted by Crippen LogP contribution is 2.20. The van der Waals surface area contributed by atoms with E-state index >= 15 is 0 Å². The maximum atomic E-state index is 11.6. The van der Waals surface area contributed by atoms with Gasteiger partial charge in [-0.25, -0.2) is 4.79 Å². The molecule has 124 valence electrons. The monoisotopic (exact) mass is 318 g/mol. The number of H-pyrrole nitrogens is 1. The molecule has 0 aliphatic rings. The third-order valence-electron chi connectivity index (χ3n) is 3.52. The minimum atomic E-state index is -1.13. The molecule has 0 saturated carbocycles. The van der Waals surface area contributed by atoms with Crippen LogP contribution in [0.1, 0.15) is 28.6 Å². The van der Waals surface area contributed by atoms with Crippen molar-refractivity contribution >= 4 is 6.09 Å². The summed E-state index contributed by atoms with van der Waals surface area (Å²) < 4.78 is 5.04. The highest BCUT2D eigenvalue weighted by molar-refractivity contribution is 5.67. The third kappa shape index (κ3) is 4.84. The molecule has 6 nitrogen and oxygen atoms in total. The summed E-state index contributed by atoms with van der Waals surface area (Å²) in [6.45, 7) is 3.76. The van der Waals surface area contributed by atoms with Crippen molar-refractivity contribution in [2.75, 3.05) is 6.54 Å². The smallest absolute Gasteiger partial charge is 0.407 e. The lowest BCUT2D eigenvalue weighted by molar-refractivity contribution is 0.0158. The van der Waals surface area contributed by atoms with Gasteiger partial charge >= 0.3 is 6.09 Å². The van der Waals surface area contributed by atoms with Crippen LogP contribution < -0.4 is 5.32 Å². The Hall–Kier alpha value is -2.31. The Balaban J connectivity index is 1.78. The number of aromatic nitrogens is 1. The third-order valence-corrected chi connectivity index (χ3v) is 3.52.